The number of rotatable bonds is 3. The molecule has 0 aliphatic heterocycles. The minimum Gasteiger partial charge on any atom is -0.357 e. The lowest BCUT2D eigenvalue weighted by Gasteiger charge is -2.21. The molecule has 1 aliphatic rings. The van der Waals surface area contributed by atoms with Crippen LogP contribution in [-0.2, 0) is 0 Å². The molecule has 1 fully saturated rings. The average molecular weight is 326 g/mol. The van der Waals surface area contributed by atoms with Gasteiger partial charge in [0.25, 0.3) is 0 Å². The van der Waals surface area contributed by atoms with Crippen molar-refractivity contribution in [3.63, 3.8) is 0 Å². The molecule has 0 saturated heterocycles. The summed E-state index contributed by atoms with van der Waals surface area (Å²) in [7, 11) is 0. The van der Waals surface area contributed by atoms with Gasteiger partial charge in [0, 0.05) is 16.5 Å². The van der Waals surface area contributed by atoms with E-state index in [9.17, 15) is 0 Å². The highest BCUT2D eigenvalue weighted by Gasteiger charge is 2.15. The number of hydrogen-bond acceptors (Lipinski definition) is 5. The smallest absolute Gasteiger partial charge is 0.206 e. The monoisotopic (exact) mass is 325 g/mol. The predicted molar refractivity (Wildman–Crippen MR) is 88.1 cm³/mol. The fourth-order valence-corrected chi connectivity index (χ4v) is 3.61. The molecule has 1 N–H and O–H groups in total. The fraction of sp³-hybridized carbons (Fsp3) is 0.429. The van der Waals surface area contributed by atoms with E-state index in [0.29, 0.717) is 11.1 Å². The zero-order valence-corrected chi connectivity index (χ0v) is 13.4. The lowest BCUT2D eigenvalue weighted by atomic mass is 9.96. The number of aromatic nitrogens is 2. The van der Waals surface area contributed by atoms with Gasteiger partial charge in [0.05, 0.1) is 5.02 Å². The van der Waals surface area contributed by atoms with Crippen molar-refractivity contribution in [2.24, 2.45) is 0 Å². The minimum atomic E-state index is 0.551. The van der Waals surface area contributed by atoms with Crippen LogP contribution in [0.3, 0.4) is 0 Å². The lowest BCUT2D eigenvalue weighted by molar-refractivity contribution is 0.462. The summed E-state index contributed by atoms with van der Waals surface area (Å²) in [4.78, 5) is 0.765. The quantitative estimate of drug-likeness (QED) is 0.789. The summed E-state index contributed by atoms with van der Waals surface area (Å²) in [6.07, 6.45) is 6.44. The highest BCUT2D eigenvalue weighted by molar-refractivity contribution is 7.80. The largest absolute Gasteiger partial charge is 0.357 e. The van der Waals surface area contributed by atoms with Crippen LogP contribution in [0.2, 0.25) is 5.02 Å². The number of thiol groups is 1. The van der Waals surface area contributed by atoms with Gasteiger partial charge < -0.3 is 5.32 Å². The predicted octanol–water partition coefficient (Wildman–Crippen LogP) is 4.89. The third-order valence-corrected chi connectivity index (χ3v) is 5.29. The summed E-state index contributed by atoms with van der Waals surface area (Å²) in [5.74, 6) is 0. The molecule has 0 spiro atoms. The molecule has 1 saturated carbocycles. The van der Waals surface area contributed by atoms with E-state index in [0.717, 1.165) is 20.6 Å². The summed E-state index contributed by atoms with van der Waals surface area (Å²) >= 11 is 11.9. The Morgan fingerprint density at radius 2 is 2.00 bits per heavy atom. The van der Waals surface area contributed by atoms with E-state index in [4.69, 9.17) is 11.6 Å². The Kier molecular flexibility index (Phi) is 4.48. The Balaban J connectivity index is 1.73. The molecule has 1 aliphatic carbocycles. The van der Waals surface area contributed by atoms with Gasteiger partial charge in [0.1, 0.15) is 5.01 Å². The van der Waals surface area contributed by atoms with Gasteiger partial charge in [-0.3, -0.25) is 0 Å². The van der Waals surface area contributed by atoms with Gasteiger partial charge in [-0.15, -0.1) is 22.8 Å². The first kappa shape index (κ1) is 14.2. The van der Waals surface area contributed by atoms with Crippen LogP contribution in [-0.4, -0.2) is 16.2 Å². The Morgan fingerprint density at radius 3 is 2.75 bits per heavy atom. The molecule has 0 bridgehead atoms. The van der Waals surface area contributed by atoms with Gasteiger partial charge >= 0.3 is 0 Å². The molecule has 1 aromatic heterocycles. The van der Waals surface area contributed by atoms with Crippen molar-refractivity contribution >= 4 is 40.7 Å². The molecule has 106 valence electrons. The van der Waals surface area contributed by atoms with Crippen molar-refractivity contribution in [3.05, 3.63) is 23.2 Å². The van der Waals surface area contributed by atoms with E-state index < -0.39 is 0 Å². The minimum absolute atomic E-state index is 0.551. The summed E-state index contributed by atoms with van der Waals surface area (Å²) < 4.78 is 0. The fourth-order valence-electron chi connectivity index (χ4n) is 2.47. The van der Waals surface area contributed by atoms with Crippen LogP contribution in [0.1, 0.15) is 32.1 Å². The molecular formula is C14H16ClN3S2. The molecule has 0 amide bonds. The van der Waals surface area contributed by atoms with Crippen LogP contribution in [0.25, 0.3) is 10.6 Å². The van der Waals surface area contributed by atoms with Gasteiger partial charge in [-0.25, -0.2) is 0 Å². The summed E-state index contributed by atoms with van der Waals surface area (Å²) in [5, 5.41) is 14.4. The second kappa shape index (κ2) is 6.33. The van der Waals surface area contributed by atoms with Crippen molar-refractivity contribution < 1.29 is 0 Å². The second-order valence-corrected chi connectivity index (χ2v) is 6.92. The van der Waals surface area contributed by atoms with E-state index in [2.05, 4.69) is 28.1 Å². The first-order valence-corrected chi connectivity index (χ1v) is 8.45. The third kappa shape index (κ3) is 3.27. The van der Waals surface area contributed by atoms with Crippen LogP contribution in [0.15, 0.2) is 23.1 Å². The Labute approximate surface area is 133 Å². The topological polar surface area (TPSA) is 37.8 Å². The van der Waals surface area contributed by atoms with Gasteiger partial charge in [0.2, 0.25) is 5.13 Å². The lowest BCUT2D eigenvalue weighted by Crippen LogP contribution is -2.21. The molecule has 1 aromatic carbocycles. The van der Waals surface area contributed by atoms with Gasteiger partial charge in [-0.05, 0) is 25.0 Å². The first-order chi connectivity index (χ1) is 9.72. The number of anilines is 1. The van der Waals surface area contributed by atoms with Crippen molar-refractivity contribution in [1.29, 1.82) is 0 Å². The summed E-state index contributed by atoms with van der Waals surface area (Å²) in [6.45, 7) is 0. The van der Waals surface area contributed by atoms with Crippen molar-refractivity contribution in [3.8, 4) is 10.6 Å². The summed E-state index contributed by atoms with van der Waals surface area (Å²) in [5.41, 5.74) is 1.01. The maximum absolute atomic E-state index is 5.98. The third-order valence-electron chi connectivity index (χ3n) is 3.55. The zero-order chi connectivity index (χ0) is 13.9. The number of nitrogens with zero attached hydrogens (tertiary/aromatic N) is 2. The van der Waals surface area contributed by atoms with Crippen LogP contribution in [0.4, 0.5) is 5.13 Å². The molecule has 1 heterocycles. The van der Waals surface area contributed by atoms with E-state index in [-0.39, 0.29) is 0 Å². The highest BCUT2D eigenvalue weighted by atomic mass is 35.5. The van der Waals surface area contributed by atoms with Crippen molar-refractivity contribution in [1.82, 2.24) is 10.2 Å². The molecule has 3 nitrogen and oxygen atoms in total. The summed E-state index contributed by atoms with van der Waals surface area (Å²) in [6, 6.07) is 6.27. The average Bonchev–Trinajstić information content (AvgIpc) is 2.91. The van der Waals surface area contributed by atoms with Gasteiger partial charge in [-0.2, -0.15) is 0 Å². The Morgan fingerprint density at radius 1 is 1.20 bits per heavy atom. The zero-order valence-electron chi connectivity index (χ0n) is 11.0. The first-order valence-electron chi connectivity index (χ1n) is 6.81. The van der Waals surface area contributed by atoms with Crippen LogP contribution in [0.5, 0.6) is 0 Å². The number of benzene rings is 1. The van der Waals surface area contributed by atoms with E-state index in [1.165, 1.54) is 32.1 Å². The molecule has 0 radical (unpaired) electrons. The van der Waals surface area contributed by atoms with Crippen LogP contribution >= 0.6 is 35.6 Å². The Bertz CT molecular complexity index is 594. The highest BCUT2D eigenvalue weighted by Crippen LogP contribution is 2.31. The van der Waals surface area contributed by atoms with Crippen LogP contribution in [0, 0.1) is 0 Å². The molecular weight excluding hydrogens is 310 g/mol. The normalized spacial score (nSPS) is 16.3. The van der Waals surface area contributed by atoms with Crippen LogP contribution < -0.4 is 5.32 Å². The van der Waals surface area contributed by atoms with Crippen molar-refractivity contribution in [2.75, 3.05) is 5.32 Å². The second-order valence-electron chi connectivity index (χ2n) is 5.06. The molecule has 2 aromatic rings. The Hall–Kier alpha value is -0.780. The van der Waals surface area contributed by atoms with E-state index in [1.54, 1.807) is 11.3 Å². The molecule has 6 heteroatoms. The van der Waals surface area contributed by atoms with Gasteiger partial charge in [0.15, 0.2) is 0 Å². The van der Waals surface area contributed by atoms with Crippen molar-refractivity contribution in [2.45, 2.75) is 43.0 Å². The number of nitrogens with one attached hydrogen (secondary N) is 1. The van der Waals surface area contributed by atoms with E-state index >= 15 is 0 Å². The van der Waals surface area contributed by atoms with E-state index in [1.807, 2.05) is 18.2 Å². The maximum atomic E-state index is 5.98. The SMILES string of the molecule is Sc1cc(-c2nnc(NC3CCCCC3)s2)ccc1Cl. The molecule has 20 heavy (non-hydrogen) atoms. The number of hydrogen-bond donors (Lipinski definition) is 2. The molecule has 3 rings (SSSR count). The molecule has 0 atom stereocenters. The van der Waals surface area contributed by atoms with Gasteiger partial charge in [-0.1, -0.05) is 48.3 Å². The standard InChI is InChI=1S/C14H16ClN3S2/c15-11-7-6-9(8-12(11)19)13-17-18-14(20-13)16-10-4-2-1-3-5-10/h6-8,10,19H,1-5H2,(H,16,18). The maximum Gasteiger partial charge on any atom is 0.206 e. The number of halogens is 1. The molecule has 0 unspecified atom stereocenters.